The summed E-state index contributed by atoms with van der Waals surface area (Å²) in [6, 6.07) is 11.2. The number of fused-ring (bicyclic) bond motifs is 1. The molecule has 2 aromatic rings. The number of nitrogens with zero attached hydrogens (tertiary/aromatic N) is 1. The van der Waals surface area contributed by atoms with Crippen LogP contribution < -0.4 is 33.3 Å². The second-order valence-corrected chi connectivity index (χ2v) is 10.9. The molecule has 2 aromatic carbocycles. The molecule has 4 unspecified atom stereocenters. The molecule has 11 nitrogen and oxygen atoms in total. The van der Waals surface area contributed by atoms with Crippen molar-refractivity contribution >= 4 is 30.3 Å². The van der Waals surface area contributed by atoms with Crippen LogP contribution in [-0.2, 0) is 31.6 Å². The van der Waals surface area contributed by atoms with Gasteiger partial charge in [0.15, 0.2) is 0 Å². The van der Waals surface area contributed by atoms with E-state index in [1.807, 2.05) is 19.1 Å². The van der Waals surface area contributed by atoms with Gasteiger partial charge in [-0.15, -0.1) is 0 Å². The Kier molecular flexibility index (Phi) is 12.7. The van der Waals surface area contributed by atoms with Crippen LogP contribution in [0.3, 0.4) is 0 Å². The van der Waals surface area contributed by atoms with Gasteiger partial charge in [0.25, 0.3) is 0 Å². The van der Waals surface area contributed by atoms with Crippen molar-refractivity contribution in [2.75, 3.05) is 26.2 Å². The van der Waals surface area contributed by atoms with Crippen molar-refractivity contribution in [3.63, 3.8) is 0 Å². The maximum absolute atomic E-state index is 12.3. The fourth-order valence-electron chi connectivity index (χ4n) is 4.94. The number of alkyl halides is 3. The molecule has 0 spiro atoms. The van der Waals surface area contributed by atoms with E-state index in [0.29, 0.717) is 25.0 Å². The van der Waals surface area contributed by atoms with Gasteiger partial charge in [0.05, 0.1) is 24.3 Å². The van der Waals surface area contributed by atoms with E-state index in [9.17, 15) is 32.6 Å². The van der Waals surface area contributed by atoms with E-state index in [4.69, 9.17) is 21.9 Å². The molecule has 2 aliphatic heterocycles. The molecule has 240 valence electrons. The molecule has 1 saturated heterocycles. The first-order valence-electron chi connectivity index (χ1n) is 14.5. The fourth-order valence-corrected chi connectivity index (χ4v) is 4.94. The Bertz CT molecular complexity index is 1260. The number of carbonyl (C=O) groups excluding carboxylic acids is 3. The van der Waals surface area contributed by atoms with Crippen LogP contribution in [0.1, 0.15) is 49.0 Å². The first-order valence-corrected chi connectivity index (χ1v) is 14.5. The van der Waals surface area contributed by atoms with E-state index in [0.717, 1.165) is 29.7 Å². The summed E-state index contributed by atoms with van der Waals surface area (Å²) in [6.07, 6.45) is -3.00. The van der Waals surface area contributed by atoms with E-state index in [1.165, 1.54) is 12.1 Å². The molecular weight excluding hydrogens is 580 g/mol. The van der Waals surface area contributed by atoms with Gasteiger partial charge in [0.1, 0.15) is 0 Å². The van der Waals surface area contributed by atoms with Crippen LogP contribution in [0.25, 0.3) is 0 Å². The topological polar surface area (TPSA) is 186 Å². The molecule has 2 heterocycles. The van der Waals surface area contributed by atoms with Gasteiger partial charge in [-0.05, 0) is 48.0 Å². The minimum absolute atomic E-state index is 0.0982. The predicted octanol–water partition coefficient (Wildman–Crippen LogP) is -0.0600. The van der Waals surface area contributed by atoms with Crippen molar-refractivity contribution in [2.45, 2.75) is 63.0 Å². The molecule has 3 amide bonds. The van der Waals surface area contributed by atoms with Gasteiger partial charge < -0.3 is 42.4 Å². The van der Waals surface area contributed by atoms with Crippen molar-refractivity contribution in [1.29, 1.82) is 0 Å². The number of hydrogen-bond acceptors (Lipinski definition) is 8. The average molecular weight is 620 g/mol. The Morgan fingerprint density at radius 1 is 1.07 bits per heavy atom. The quantitative estimate of drug-likeness (QED) is 0.211. The highest BCUT2D eigenvalue weighted by Crippen LogP contribution is 2.29. The van der Waals surface area contributed by atoms with Gasteiger partial charge in [-0.25, -0.2) is 0 Å². The second-order valence-electron chi connectivity index (χ2n) is 10.9. The van der Waals surface area contributed by atoms with E-state index in [2.05, 4.69) is 10.6 Å². The lowest BCUT2D eigenvalue weighted by Gasteiger charge is -2.34. The summed E-state index contributed by atoms with van der Waals surface area (Å²) in [5.74, 6) is -1.08. The van der Waals surface area contributed by atoms with Gasteiger partial charge in [-0.3, -0.25) is 14.4 Å². The number of piperidine rings is 1. The summed E-state index contributed by atoms with van der Waals surface area (Å²) in [6.45, 7) is 2.69. The Labute approximate surface area is 254 Å². The molecule has 4 atom stereocenters. The number of nitrogens with two attached hydrogens (primary N) is 3. The van der Waals surface area contributed by atoms with E-state index in [1.54, 1.807) is 17.0 Å². The Hall–Kier alpha value is -3.50. The van der Waals surface area contributed by atoms with Gasteiger partial charge in [-0.1, -0.05) is 43.3 Å². The van der Waals surface area contributed by atoms with Crippen LogP contribution in [0.2, 0.25) is 0 Å². The molecule has 9 N–H and O–H groups in total. The number of benzene rings is 2. The van der Waals surface area contributed by atoms with Crippen LogP contribution in [-0.4, -0.2) is 79.1 Å². The largest absolute Gasteiger partial charge is 0.492 e. The van der Waals surface area contributed by atoms with E-state index >= 15 is 0 Å². The number of rotatable bonds is 9. The van der Waals surface area contributed by atoms with Crippen molar-refractivity contribution in [2.24, 2.45) is 17.2 Å². The van der Waals surface area contributed by atoms with Crippen molar-refractivity contribution in [3.8, 4) is 0 Å². The fraction of sp³-hybridized carbons (Fsp3) is 0.483. The minimum atomic E-state index is -4.22. The van der Waals surface area contributed by atoms with Crippen LogP contribution in [0.4, 0.5) is 13.2 Å². The maximum Gasteiger partial charge on any atom is 0.492 e. The molecule has 4 rings (SSSR count). The van der Waals surface area contributed by atoms with Crippen LogP contribution in [0.5, 0.6) is 0 Å². The van der Waals surface area contributed by atoms with Gasteiger partial charge in [0.2, 0.25) is 17.7 Å². The highest BCUT2D eigenvalue weighted by atomic mass is 19.4. The zero-order valence-corrected chi connectivity index (χ0v) is 24.6. The Morgan fingerprint density at radius 2 is 1.70 bits per heavy atom. The van der Waals surface area contributed by atoms with Crippen LogP contribution >= 0.6 is 0 Å². The number of nitrogens with one attached hydrogen (secondary N) is 2. The third kappa shape index (κ3) is 10.3. The highest BCUT2D eigenvalue weighted by molar-refractivity contribution is 6.61. The number of aryl methyl sites for hydroxylation is 1. The minimum Gasteiger partial charge on any atom is -0.423 e. The Morgan fingerprint density at radius 3 is 2.32 bits per heavy atom. The molecule has 0 bridgehead atoms. The zero-order valence-electron chi connectivity index (χ0n) is 24.6. The smallest absolute Gasteiger partial charge is 0.423 e. The molecule has 0 aliphatic carbocycles. The molecule has 0 saturated carbocycles. The zero-order chi connectivity index (χ0) is 32.4. The number of carbonyl (C=O) groups is 3. The highest BCUT2D eigenvalue weighted by Gasteiger charge is 2.34. The molecule has 0 aromatic heterocycles. The number of hydrogen-bond donors (Lipinski definition) is 6. The summed E-state index contributed by atoms with van der Waals surface area (Å²) < 4.78 is 41.5. The number of halogens is 3. The van der Waals surface area contributed by atoms with Crippen LogP contribution in [0, 0.1) is 0 Å². The SMILES string of the molecule is CCc1ccc(C(F)(F)F)cc1.NC1CC(N)CN(C(=O)CCC(N)C(=O)NCC(=O)NCC2OB(O)c3ccccc32)C1. The first kappa shape index (κ1) is 35.0. The summed E-state index contributed by atoms with van der Waals surface area (Å²) >= 11 is 0. The predicted molar refractivity (Wildman–Crippen MR) is 159 cm³/mol. The normalized spacial score (nSPS) is 20.2. The summed E-state index contributed by atoms with van der Waals surface area (Å²) in [7, 11) is -1.02. The Balaban J connectivity index is 0.000000369. The number of amides is 3. The monoisotopic (exact) mass is 620 g/mol. The molecule has 44 heavy (non-hydrogen) atoms. The molecule has 0 radical (unpaired) electrons. The van der Waals surface area contributed by atoms with Gasteiger partial charge in [0, 0.05) is 38.1 Å². The van der Waals surface area contributed by atoms with Crippen molar-refractivity contribution in [3.05, 3.63) is 65.2 Å². The lowest BCUT2D eigenvalue weighted by molar-refractivity contribution is -0.137. The number of likely N-dealkylation sites (tertiary alicyclic amines) is 1. The standard InChI is InChI=1S/C20H31BN6O5.C9H9F3/c22-12-7-13(23)11-27(10-12)19(29)6-5-16(24)20(30)26-9-18(28)25-8-17-14-3-1-2-4-15(14)21(31)32-17;1-2-7-3-5-8(6-4-7)9(10,11)12/h1-4,12-13,16-17,31H,5-11,22-24H2,(H,25,28)(H,26,30);3-6H,2H2,1H3. The van der Waals surface area contributed by atoms with E-state index in [-0.39, 0.29) is 43.9 Å². The lowest BCUT2D eigenvalue weighted by Crippen LogP contribution is -2.54. The van der Waals surface area contributed by atoms with Crippen molar-refractivity contribution in [1.82, 2.24) is 15.5 Å². The lowest BCUT2D eigenvalue weighted by atomic mass is 9.79. The first-order chi connectivity index (χ1) is 20.8. The third-order valence-corrected chi connectivity index (χ3v) is 7.37. The van der Waals surface area contributed by atoms with Crippen molar-refractivity contribution < 1.29 is 37.2 Å². The van der Waals surface area contributed by atoms with Gasteiger partial charge in [-0.2, -0.15) is 13.2 Å². The molecular formula is C29H40BF3N6O5. The van der Waals surface area contributed by atoms with E-state index < -0.39 is 42.8 Å². The molecule has 15 heteroatoms. The summed E-state index contributed by atoms with van der Waals surface area (Å²) in [5, 5.41) is 15.0. The second kappa shape index (κ2) is 16.0. The third-order valence-electron chi connectivity index (χ3n) is 7.37. The summed E-state index contributed by atoms with van der Waals surface area (Å²) in [5.41, 5.74) is 19.5. The summed E-state index contributed by atoms with van der Waals surface area (Å²) in [4.78, 5) is 38.2. The molecule has 2 aliphatic rings. The van der Waals surface area contributed by atoms with Crippen LogP contribution in [0.15, 0.2) is 48.5 Å². The average Bonchev–Trinajstić information content (AvgIpc) is 3.32. The van der Waals surface area contributed by atoms with Gasteiger partial charge >= 0.3 is 13.3 Å². The molecule has 1 fully saturated rings. The maximum atomic E-state index is 12.3.